The molecular weight excluding hydrogens is 127 g/mol. The highest BCUT2D eigenvalue weighted by Gasteiger charge is 2.24. The summed E-state index contributed by atoms with van der Waals surface area (Å²) in [4.78, 5) is 0. The molecule has 0 fully saturated rings. The normalized spacial score (nSPS) is 16.1. The van der Waals surface area contributed by atoms with E-state index in [0.717, 1.165) is 0 Å². The van der Waals surface area contributed by atoms with Crippen molar-refractivity contribution < 1.29 is 4.39 Å². The smallest absolute Gasteiger partial charge is 0.121 e. The van der Waals surface area contributed by atoms with Crippen molar-refractivity contribution in [2.45, 2.75) is 38.2 Å². The third-order valence-corrected chi connectivity index (χ3v) is 1.93. The van der Waals surface area contributed by atoms with Crippen LogP contribution in [-0.4, -0.2) is 11.0 Å². The lowest BCUT2D eigenvalue weighted by Gasteiger charge is -2.18. The van der Waals surface area contributed by atoms with Crippen molar-refractivity contribution in [3.05, 3.63) is 0 Å². The van der Waals surface area contributed by atoms with E-state index in [-0.39, 0.29) is 5.38 Å². The van der Waals surface area contributed by atoms with Crippen LogP contribution in [0.1, 0.15) is 27.2 Å². The van der Waals surface area contributed by atoms with Crippen LogP contribution >= 0.6 is 11.6 Å². The van der Waals surface area contributed by atoms with Crippen LogP contribution in [0.3, 0.4) is 0 Å². The van der Waals surface area contributed by atoms with Gasteiger partial charge in [-0.1, -0.05) is 6.92 Å². The van der Waals surface area contributed by atoms with Gasteiger partial charge in [0, 0.05) is 0 Å². The number of hydrogen-bond acceptors (Lipinski definition) is 0. The second kappa shape index (κ2) is 2.67. The van der Waals surface area contributed by atoms with Crippen molar-refractivity contribution in [2.75, 3.05) is 0 Å². The Morgan fingerprint density at radius 3 is 2.00 bits per heavy atom. The van der Waals surface area contributed by atoms with Gasteiger partial charge in [0.1, 0.15) is 5.67 Å². The lowest BCUT2D eigenvalue weighted by molar-refractivity contribution is 0.205. The highest BCUT2D eigenvalue weighted by molar-refractivity contribution is 6.21. The Balaban J connectivity index is 3.62. The second-order valence-corrected chi connectivity index (χ2v) is 2.97. The molecule has 0 aromatic heterocycles. The molecule has 50 valence electrons. The molecule has 0 radical (unpaired) electrons. The van der Waals surface area contributed by atoms with Gasteiger partial charge in [0.25, 0.3) is 0 Å². The van der Waals surface area contributed by atoms with Gasteiger partial charge in [-0.3, -0.25) is 0 Å². The Hall–Kier alpha value is 0.220. The van der Waals surface area contributed by atoms with Gasteiger partial charge >= 0.3 is 0 Å². The molecule has 2 heteroatoms. The Morgan fingerprint density at radius 1 is 1.62 bits per heavy atom. The minimum absolute atomic E-state index is 0.345. The van der Waals surface area contributed by atoms with Crippen molar-refractivity contribution in [3.8, 4) is 0 Å². The fourth-order valence-electron chi connectivity index (χ4n) is 0.485. The van der Waals surface area contributed by atoms with Crippen molar-refractivity contribution in [1.82, 2.24) is 0 Å². The molecule has 0 saturated carbocycles. The van der Waals surface area contributed by atoms with Crippen molar-refractivity contribution in [1.29, 1.82) is 0 Å². The molecule has 0 aromatic rings. The standard InChI is InChI=1S/C6H12ClF/c1-4-5(7)6(2,3)8/h5H,4H2,1-3H3. The van der Waals surface area contributed by atoms with Crippen LogP contribution < -0.4 is 0 Å². The summed E-state index contributed by atoms with van der Waals surface area (Å²) in [6, 6.07) is 0. The second-order valence-electron chi connectivity index (χ2n) is 2.44. The van der Waals surface area contributed by atoms with Crippen LogP contribution in [0.5, 0.6) is 0 Å². The van der Waals surface area contributed by atoms with Crippen LogP contribution in [-0.2, 0) is 0 Å². The molecule has 8 heavy (non-hydrogen) atoms. The summed E-state index contributed by atoms with van der Waals surface area (Å²) in [7, 11) is 0. The van der Waals surface area contributed by atoms with E-state index in [1.807, 2.05) is 6.92 Å². The first kappa shape index (κ1) is 8.22. The third-order valence-electron chi connectivity index (χ3n) is 1.10. The van der Waals surface area contributed by atoms with Gasteiger partial charge in [-0.05, 0) is 20.3 Å². The highest BCUT2D eigenvalue weighted by atomic mass is 35.5. The zero-order valence-corrected chi connectivity index (χ0v) is 6.30. The number of halogens is 2. The average molecular weight is 139 g/mol. The lowest BCUT2D eigenvalue weighted by atomic mass is 10.1. The van der Waals surface area contributed by atoms with E-state index in [0.29, 0.717) is 6.42 Å². The summed E-state index contributed by atoms with van der Waals surface area (Å²) in [5.41, 5.74) is -1.23. The number of alkyl halides is 2. The molecule has 0 nitrogen and oxygen atoms in total. The van der Waals surface area contributed by atoms with E-state index in [2.05, 4.69) is 0 Å². The summed E-state index contributed by atoms with van der Waals surface area (Å²) < 4.78 is 12.7. The fraction of sp³-hybridized carbons (Fsp3) is 1.00. The van der Waals surface area contributed by atoms with Crippen molar-refractivity contribution >= 4 is 11.6 Å². The Kier molecular flexibility index (Phi) is 2.75. The molecule has 0 bridgehead atoms. The molecule has 0 spiro atoms. The van der Waals surface area contributed by atoms with Crippen molar-refractivity contribution in [3.63, 3.8) is 0 Å². The van der Waals surface area contributed by atoms with E-state index >= 15 is 0 Å². The molecule has 0 rings (SSSR count). The summed E-state index contributed by atoms with van der Waals surface area (Å²) in [6.07, 6.45) is 0.686. The molecule has 0 aliphatic rings. The van der Waals surface area contributed by atoms with Crippen LogP contribution in [0.15, 0.2) is 0 Å². The molecule has 0 N–H and O–H groups in total. The van der Waals surface area contributed by atoms with Crippen LogP contribution in [0.4, 0.5) is 4.39 Å². The zero-order valence-electron chi connectivity index (χ0n) is 5.54. The molecule has 0 aromatic carbocycles. The van der Waals surface area contributed by atoms with E-state index in [4.69, 9.17) is 11.6 Å². The monoisotopic (exact) mass is 138 g/mol. The Bertz CT molecular complexity index is 65.4. The molecule has 1 unspecified atom stereocenters. The molecule has 1 atom stereocenters. The van der Waals surface area contributed by atoms with E-state index in [1.54, 1.807) is 0 Å². The molecule has 0 aliphatic carbocycles. The maximum absolute atomic E-state index is 12.7. The third kappa shape index (κ3) is 2.51. The highest BCUT2D eigenvalue weighted by Crippen LogP contribution is 2.21. The van der Waals surface area contributed by atoms with Crippen LogP contribution in [0, 0.1) is 0 Å². The molecule has 0 amide bonds. The van der Waals surface area contributed by atoms with Crippen LogP contribution in [0.25, 0.3) is 0 Å². The minimum atomic E-state index is -1.23. The largest absolute Gasteiger partial charge is 0.243 e. The van der Waals surface area contributed by atoms with Gasteiger partial charge in [0.15, 0.2) is 0 Å². The number of rotatable bonds is 2. The fourth-order valence-corrected chi connectivity index (χ4v) is 0.485. The van der Waals surface area contributed by atoms with Crippen molar-refractivity contribution in [2.24, 2.45) is 0 Å². The van der Waals surface area contributed by atoms with E-state index in [1.165, 1.54) is 13.8 Å². The minimum Gasteiger partial charge on any atom is -0.243 e. The predicted octanol–water partition coefficient (Wildman–Crippen LogP) is 2.75. The first-order chi connectivity index (χ1) is 3.48. The summed E-state index contributed by atoms with van der Waals surface area (Å²) in [6.45, 7) is 4.86. The quantitative estimate of drug-likeness (QED) is 0.515. The number of hydrogen-bond donors (Lipinski definition) is 0. The van der Waals surface area contributed by atoms with Gasteiger partial charge in [-0.25, -0.2) is 4.39 Å². The molecule has 0 heterocycles. The lowest BCUT2D eigenvalue weighted by Crippen LogP contribution is -2.25. The summed E-state index contributed by atoms with van der Waals surface area (Å²) in [5.74, 6) is 0. The SMILES string of the molecule is CCC(Cl)C(C)(C)F. The van der Waals surface area contributed by atoms with Crippen LogP contribution in [0.2, 0.25) is 0 Å². The maximum Gasteiger partial charge on any atom is 0.121 e. The Morgan fingerprint density at radius 2 is 2.00 bits per heavy atom. The van der Waals surface area contributed by atoms with E-state index in [9.17, 15) is 4.39 Å². The van der Waals surface area contributed by atoms with Gasteiger partial charge in [0.05, 0.1) is 5.38 Å². The average Bonchev–Trinajstić information content (AvgIpc) is 1.62. The van der Waals surface area contributed by atoms with Gasteiger partial charge in [0.2, 0.25) is 0 Å². The molecular formula is C6H12ClF. The first-order valence-electron chi connectivity index (χ1n) is 2.81. The van der Waals surface area contributed by atoms with Gasteiger partial charge in [-0.15, -0.1) is 11.6 Å². The first-order valence-corrected chi connectivity index (χ1v) is 3.25. The maximum atomic E-state index is 12.7. The Labute approximate surface area is 55.0 Å². The van der Waals surface area contributed by atoms with Gasteiger partial charge < -0.3 is 0 Å². The predicted molar refractivity (Wildman–Crippen MR) is 35.1 cm³/mol. The molecule has 0 aliphatic heterocycles. The summed E-state index contributed by atoms with van der Waals surface area (Å²) >= 11 is 5.57. The zero-order chi connectivity index (χ0) is 6.78. The van der Waals surface area contributed by atoms with E-state index < -0.39 is 5.67 Å². The topological polar surface area (TPSA) is 0 Å². The molecule has 0 saturated heterocycles. The van der Waals surface area contributed by atoms with Gasteiger partial charge in [-0.2, -0.15) is 0 Å². The summed E-state index contributed by atoms with van der Waals surface area (Å²) in [5, 5.41) is -0.345.